The van der Waals surface area contributed by atoms with Crippen molar-refractivity contribution in [2.45, 2.75) is 0 Å². The van der Waals surface area contributed by atoms with Crippen LogP contribution in [0.4, 0.5) is 11.4 Å². The van der Waals surface area contributed by atoms with Gasteiger partial charge in [0.05, 0.1) is 27.8 Å². The van der Waals surface area contributed by atoms with Crippen molar-refractivity contribution in [3.05, 3.63) is 224 Å². The zero-order valence-corrected chi connectivity index (χ0v) is 36.6. The van der Waals surface area contributed by atoms with E-state index in [2.05, 4.69) is 202 Å². The van der Waals surface area contributed by atoms with Crippen LogP contribution >= 0.6 is 6.19 Å². The molecule has 0 saturated carbocycles. The lowest BCUT2D eigenvalue weighted by Crippen LogP contribution is -2.37. The molecule has 0 saturated heterocycles. The van der Waals surface area contributed by atoms with Gasteiger partial charge in [-0.2, -0.15) is 0 Å². The Kier molecular flexibility index (Phi) is 8.57. The van der Waals surface area contributed by atoms with Gasteiger partial charge >= 0.3 is 0 Å². The van der Waals surface area contributed by atoms with E-state index in [9.17, 15) is 0 Å². The zero-order chi connectivity index (χ0) is 43.1. The Balaban J connectivity index is 1.22. The highest BCUT2D eigenvalue weighted by atomic mass is 32.4. The molecule has 306 valence electrons. The minimum absolute atomic E-state index is 0.571. The molecule has 3 aromatic heterocycles. The Labute approximate surface area is 380 Å². The Hall–Kier alpha value is -7.96. The molecule has 0 fully saturated rings. The van der Waals surface area contributed by atoms with Crippen molar-refractivity contribution in [1.29, 1.82) is 0 Å². The second-order valence-electron chi connectivity index (χ2n) is 16.4. The Morgan fingerprint density at radius 1 is 0.354 bits per heavy atom. The summed E-state index contributed by atoms with van der Waals surface area (Å²) in [6, 6.07) is 79.2. The summed E-state index contributed by atoms with van der Waals surface area (Å²) in [7, 11) is 0. The van der Waals surface area contributed by atoms with Gasteiger partial charge in [0.25, 0.3) is 0 Å². The molecule has 65 heavy (non-hydrogen) atoms. The minimum atomic E-state index is -3.29. The molecule has 0 amide bonds. The van der Waals surface area contributed by atoms with E-state index in [1.54, 1.807) is 0 Å². The third-order valence-corrected chi connectivity index (χ3v) is 17.0. The SMILES string of the molecule is S=P1(c2nc(-c3ccccc3)nc(-c3ccccc3)n2)c2cc3c(cc2-c2cc4c5ccccc5n(-c5ccccc5)c4cc2N1c1ccccc1)c1ccccc1n3-c1ccccc1. The van der Waals surface area contributed by atoms with E-state index < -0.39 is 6.19 Å². The molecule has 1 unspecified atom stereocenters. The number of para-hydroxylation sites is 5. The number of benzene rings is 9. The van der Waals surface area contributed by atoms with Crippen molar-refractivity contribution < 1.29 is 0 Å². The third kappa shape index (κ3) is 5.80. The Bertz CT molecular complexity index is 3800. The summed E-state index contributed by atoms with van der Waals surface area (Å²) in [5, 5.41) is 5.70. The van der Waals surface area contributed by atoms with E-state index >= 15 is 0 Å². The van der Waals surface area contributed by atoms with Gasteiger partial charge in [-0.05, 0) is 78.4 Å². The van der Waals surface area contributed by atoms with Gasteiger partial charge in [0.2, 0.25) is 0 Å². The van der Waals surface area contributed by atoms with Crippen molar-refractivity contribution in [2.24, 2.45) is 0 Å². The summed E-state index contributed by atoms with van der Waals surface area (Å²) >= 11 is 7.56. The van der Waals surface area contributed by atoms with Gasteiger partial charge in [-0.3, -0.25) is 0 Å². The highest BCUT2D eigenvalue weighted by Gasteiger charge is 2.43. The predicted octanol–water partition coefficient (Wildman–Crippen LogP) is 13.6. The van der Waals surface area contributed by atoms with Gasteiger partial charge in [-0.25, -0.2) is 15.0 Å². The maximum atomic E-state index is 7.56. The molecule has 1 aliphatic rings. The van der Waals surface area contributed by atoms with Crippen LogP contribution in [0.5, 0.6) is 0 Å². The van der Waals surface area contributed by atoms with Gasteiger partial charge in [0.15, 0.2) is 17.2 Å². The monoisotopic (exact) mass is 868 g/mol. The Morgan fingerprint density at radius 2 is 0.769 bits per heavy atom. The van der Waals surface area contributed by atoms with Crippen LogP contribution in [-0.4, -0.2) is 24.1 Å². The van der Waals surface area contributed by atoms with Crippen LogP contribution in [-0.2, 0) is 11.8 Å². The largest absolute Gasteiger partial charge is 0.309 e. The van der Waals surface area contributed by atoms with Gasteiger partial charge in [-0.15, -0.1) is 0 Å². The third-order valence-electron chi connectivity index (χ3n) is 12.7. The fourth-order valence-electron chi connectivity index (χ4n) is 9.84. The number of anilines is 2. The van der Waals surface area contributed by atoms with Crippen LogP contribution in [0.1, 0.15) is 0 Å². The predicted molar refractivity (Wildman–Crippen MR) is 273 cm³/mol. The number of nitrogens with zero attached hydrogens (tertiary/aromatic N) is 6. The van der Waals surface area contributed by atoms with E-state index in [1.807, 2.05) is 36.4 Å². The smallest absolute Gasteiger partial charge is 0.189 e. The summed E-state index contributed by atoms with van der Waals surface area (Å²) in [5.74, 6) is 1.16. The molecule has 4 heterocycles. The van der Waals surface area contributed by atoms with Gasteiger partial charge < -0.3 is 13.8 Å². The van der Waals surface area contributed by atoms with E-state index in [0.29, 0.717) is 17.2 Å². The molecular formula is C57H37N6PS. The summed E-state index contributed by atoms with van der Waals surface area (Å²) in [5.41, 5.74) is 13.1. The van der Waals surface area contributed by atoms with E-state index in [-0.39, 0.29) is 0 Å². The van der Waals surface area contributed by atoms with Crippen molar-refractivity contribution in [3.63, 3.8) is 0 Å². The standard InChI is InChI=1S/C57H37N6PS/c65-64(57-59-55(38-20-6-1-7-21-38)58-56(60-57)39-22-8-2-9-23-39)54-37-52-46(44-31-17-19-33-50(44)62(52)41-26-12-4-13-27-41)35-48(54)47-34-45-43-30-16-18-32-49(43)61(40-24-10-3-11-25-40)51(45)36-53(47)63(64)42-28-14-5-15-29-42/h1-37H. The number of aromatic nitrogens is 5. The summed E-state index contributed by atoms with van der Waals surface area (Å²) < 4.78 is 7.17. The molecule has 1 aliphatic heterocycles. The number of rotatable bonds is 6. The first-order valence-electron chi connectivity index (χ1n) is 21.7. The fraction of sp³-hybridized carbons (Fsp3) is 0. The van der Waals surface area contributed by atoms with Crippen molar-refractivity contribution in [2.75, 3.05) is 4.67 Å². The highest BCUT2D eigenvalue weighted by molar-refractivity contribution is 8.22. The minimum Gasteiger partial charge on any atom is -0.309 e. The average molecular weight is 869 g/mol. The fourth-order valence-corrected chi connectivity index (χ4v) is 13.9. The van der Waals surface area contributed by atoms with Crippen LogP contribution in [0, 0.1) is 0 Å². The molecule has 0 spiro atoms. The zero-order valence-electron chi connectivity index (χ0n) is 34.9. The molecule has 0 bridgehead atoms. The van der Waals surface area contributed by atoms with Crippen LogP contribution in [0.25, 0.3) is 88.9 Å². The molecule has 8 heteroatoms. The summed E-state index contributed by atoms with van der Waals surface area (Å²) in [6.45, 7) is 0. The van der Waals surface area contributed by atoms with Gasteiger partial charge in [-0.1, -0.05) is 163 Å². The van der Waals surface area contributed by atoms with E-state index in [0.717, 1.165) is 77.8 Å². The molecule has 13 rings (SSSR count). The lowest BCUT2D eigenvalue weighted by Gasteiger charge is -2.42. The van der Waals surface area contributed by atoms with Crippen LogP contribution in [0.15, 0.2) is 224 Å². The molecule has 0 aliphatic carbocycles. The molecule has 0 N–H and O–H groups in total. The maximum absolute atomic E-state index is 7.56. The van der Waals surface area contributed by atoms with Gasteiger partial charge in [0, 0.05) is 60.6 Å². The number of fused-ring (bicyclic) bond motifs is 9. The topological polar surface area (TPSA) is 51.8 Å². The molecule has 9 aromatic carbocycles. The average Bonchev–Trinajstić information content (AvgIpc) is 3.88. The first-order chi connectivity index (χ1) is 32.1. The normalized spacial score (nSPS) is 14.6. The molecule has 1 atom stereocenters. The Morgan fingerprint density at radius 3 is 1.28 bits per heavy atom. The van der Waals surface area contributed by atoms with Gasteiger partial charge in [0.1, 0.15) is 6.19 Å². The lowest BCUT2D eigenvalue weighted by atomic mass is 9.97. The molecular weight excluding hydrogens is 832 g/mol. The van der Waals surface area contributed by atoms with Crippen LogP contribution in [0.2, 0.25) is 0 Å². The van der Waals surface area contributed by atoms with Crippen molar-refractivity contribution in [1.82, 2.24) is 24.1 Å². The highest BCUT2D eigenvalue weighted by Crippen LogP contribution is 2.62. The number of hydrogen-bond acceptors (Lipinski definition) is 4. The number of hydrogen-bond donors (Lipinski definition) is 0. The quantitative estimate of drug-likeness (QED) is 0.156. The maximum Gasteiger partial charge on any atom is 0.189 e. The van der Waals surface area contributed by atoms with E-state index in [4.69, 9.17) is 26.8 Å². The molecule has 12 aromatic rings. The molecule has 0 radical (unpaired) electrons. The first-order valence-corrected chi connectivity index (χ1v) is 24.5. The van der Waals surface area contributed by atoms with E-state index in [1.165, 1.54) is 16.2 Å². The summed E-state index contributed by atoms with van der Waals surface area (Å²) in [4.78, 5) is 16.2. The van der Waals surface area contributed by atoms with Crippen molar-refractivity contribution in [3.8, 4) is 45.3 Å². The van der Waals surface area contributed by atoms with Crippen molar-refractivity contribution >= 4 is 83.9 Å². The second kappa shape index (κ2) is 14.8. The van der Waals surface area contributed by atoms with Crippen LogP contribution in [0.3, 0.4) is 0 Å². The lowest BCUT2D eigenvalue weighted by molar-refractivity contribution is 1.10. The molecule has 6 nitrogen and oxygen atoms in total. The second-order valence-corrected chi connectivity index (χ2v) is 20.4. The van der Waals surface area contributed by atoms with Crippen LogP contribution < -0.4 is 15.5 Å². The summed E-state index contributed by atoms with van der Waals surface area (Å²) in [6.07, 6.45) is -3.29. The first kappa shape index (κ1) is 37.6.